The van der Waals surface area contributed by atoms with E-state index in [1.165, 1.54) is 0 Å². The Kier molecular flexibility index (Phi) is 10.4. The molecule has 0 aliphatic heterocycles. The molecule has 7 nitrogen and oxygen atoms in total. The maximum atomic E-state index is 13.5. The quantitative estimate of drug-likeness (QED) is 0.315. The Hall–Kier alpha value is -3.97. The van der Waals surface area contributed by atoms with Crippen LogP contribution in [0.25, 0.3) is 0 Å². The van der Waals surface area contributed by atoms with Crippen molar-refractivity contribution in [1.82, 2.24) is 10.6 Å². The van der Waals surface area contributed by atoms with Crippen LogP contribution in [0.4, 0.5) is 5.69 Å². The number of anilines is 1. The van der Waals surface area contributed by atoms with Crippen LogP contribution in [0.1, 0.15) is 44.4 Å². The smallest absolute Gasteiger partial charge is 0.323 e. The summed E-state index contributed by atoms with van der Waals surface area (Å²) < 4.78 is 5.45. The van der Waals surface area contributed by atoms with Crippen LogP contribution in [0.3, 0.4) is 0 Å². The van der Waals surface area contributed by atoms with E-state index < -0.39 is 30.0 Å². The SMILES string of the molecule is CC(C)C[C@H](NC(=O)[C@@H](N[C@H](C)C(=O)OCc1ccccc1)c1ccccc1)C(=O)Nc1ccccc1. The monoisotopic (exact) mass is 501 g/mol. The first-order chi connectivity index (χ1) is 17.8. The van der Waals surface area contributed by atoms with Crippen LogP contribution in [0.15, 0.2) is 91.0 Å². The number of carbonyl (C=O) groups excluding carboxylic acids is 3. The molecule has 0 spiro atoms. The number of para-hydroxylation sites is 1. The molecule has 0 aliphatic rings. The standard InChI is InChI=1S/C30H35N3O4/c1-21(2)19-26(28(34)32-25-17-11-6-12-18-25)33-29(35)27(24-15-9-5-10-16-24)31-22(3)30(36)37-20-23-13-7-4-8-14-23/h4-18,21-22,26-27,31H,19-20H2,1-3H3,(H,32,34)(H,33,35)/t22-,26+,27+/m1/s1. The summed E-state index contributed by atoms with van der Waals surface area (Å²) in [6, 6.07) is 25.3. The number of hydrogen-bond donors (Lipinski definition) is 3. The number of ether oxygens (including phenoxy) is 1. The van der Waals surface area contributed by atoms with Crippen LogP contribution in [0.5, 0.6) is 0 Å². The van der Waals surface area contributed by atoms with Crippen molar-refractivity contribution in [3.05, 3.63) is 102 Å². The van der Waals surface area contributed by atoms with Crippen LogP contribution in [-0.2, 0) is 25.7 Å². The predicted octanol–water partition coefficient (Wildman–Crippen LogP) is 4.62. The highest BCUT2D eigenvalue weighted by Crippen LogP contribution is 2.17. The van der Waals surface area contributed by atoms with E-state index in [4.69, 9.17) is 4.74 Å². The maximum Gasteiger partial charge on any atom is 0.323 e. The lowest BCUT2D eigenvalue weighted by Crippen LogP contribution is -2.50. The van der Waals surface area contributed by atoms with E-state index in [1.807, 2.05) is 80.6 Å². The van der Waals surface area contributed by atoms with Gasteiger partial charge in [0.1, 0.15) is 24.7 Å². The largest absolute Gasteiger partial charge is 0.460 e. The van der Waals surface area contributed by atoms with Crippen LogP contribution in [0.2, 0.25) is 0 Å². The van der Waals surface area contributed by atoms with E-state index in [9.17, 15) is 14.4 Å². The van der Waals surface area contributed by atoms with Crippen molar-refractivity contribution in [3.63, 3.8) is 0 Å². The molecule has 0 bridgehead atoms. The van der Waals surface area contributed by atoms with E-state index >= 15 is 0 Å². The Balaban J connectivity index is 1.72. The van der Waals surface area contributed by atoms with Crippen LogP contribution in [-0.4, -0.2) is 29.9 Å². The van der Waals surface area contributed by atoms with Gasteiger partial charge in [0.25, 0.3) is 0 Å². The second-order valence-corrected chi connectivity index (χ2v) is 9.37. The van der Waals surface area contributed by atoms with E-state index in [0.29, 0.717) is 17.7 Å². The topological polar surface area (TPSA) is 96.5 Å². The van der Waals surface area contributed by atoms with Crippen molar-refractivity contribution in [2.24, 2.45) is 5.92 Å². The molecule has 0 unspecified atom stereocenters. The third-order valence-corrected chi connectivity index (χ3v) is 5.77. The van der Waals surface area contributed by atoms with Crippen molar-refractivity contribution >= 4 is 23.5 Å². The number of rotatable bonds is 12. The maximum absolute atomic E-state index is 13.5. The lowest BCUT2D eigenvalue weighted by atomic mass is 10.0. The predicted molar refractivity (Wildman–Crippen MR) is 144 cm³/mol. The Morgan fingerprint density at radius 1 is 0.757 bits per heavy atom. The molecule has 2 amide bonds. The van der Waals surface area contributed by atoms with Gasteiger partial charge in [-0.25, -0.2) is 0 Å². The molecular weight excluding hydrogens is 466 g/mol. The third kappa shape index (κ3) is 8.88. The van der Waals surface area contributed by atoms with Crippen LogP contribution in [0, 0.1) is 5.92 Å². The molecule has 0 heterocycles. The molecule has 0 saturated carbocycles. The number of esters is 1. The van der Waals surface area contributed by atoms with Gasteiger partial charge in [0.15, 0.2) is 0 Å². The highest BCUT2D eigenvalue weighted by atomic mass is 16.5. The van der Waals surface area contributed by atoms with Gasteiger partial charge in [0.2, 0.25) is 11.8 Å². The number of carbonyl (C=O) groups is 3. The summed E-state index contributed by atoms with van der Waals surface area (Å²) in [6.07, 6.45) is 0.459. The first kappa shape index (κ1) is 27.6. The summed E-state index contributed by atoms with van der Waals surface area (Å²) in [6.45, 7) is 5.79. The minimum atomic E-state index is -0.861. The van der Waals surface area contributed by atoms with Crippen molar-refractivity contribution in [1.29, 1.82) is 0 Å². The van der Waals surface area contributed by atoms with Gasteiger partial charge in [-0.05, 0) is 42.5 Å². The van der Waals surface area contributed by atoms with Crippen molar-refractivity contribution in [3.8, 4) is 0 Å². The molecule has 3 aromatic rings. The van der Waals surface area contributed by atoms with Gasteiger partial charge >= 0.3 is 5.97 Å². The molecule has 0 aromatic heterocycles. The molecule has 194 valence electrons. The van der Waals surface area contributed by atoms with Crippen molar-refractivity contribution < 1.29 is 19.1 Å². The lowest BCUT2D eigenvalue weighted by Gasteiger charge is -2.26. The van der Waals surface area contributed by atoms with Gasteiger partial charge < -0.3 is 15.4 Å². The first-order valence-corrected chi connectivity index (χ1v) is 12.5. The van der Waals surface area contributed by atoms with E-state index in [0.717, 1.165) is 5.56 Å². The number of nitrogens with one attached hydrogen (secondary N) is 3. The molecule has 0 aliphatic carbocycles. The average Bonchev–Trinajstić information content (AvgIpc) is 2.91. The highest BCUT2D eigenvalue weighted by molar-refractivity contribution is 5.98. The van der Waals surface area contributed by atoms with Gasteiger partial charge in [-0.2, -0.15) is 0 Å². The van der Waals surface area contributed by atoms with Crippen LogP contribution < -0.4 is 16.0 Å². The Bertz CT molecular complexity index is 1140. The van der Waals surface area contributed by atoms with Gasteiger partial charge in [-0.15, -0.1) is 0 Å². The summed E-state index contributed by atoms with van der Waals surface area (Å²) in [4.78, 5) is 39.3. The van der Waals surface area contributed by atoms with E-state index in [1.54, 1.807) is 31.2 Å². The fraction of sp³-hybridized carbons (Fsp3) is 0.300. The molecule has 0 fully saturated rings. The fourth-order valence-electron chi connectivity index (χ4n) is 3.85. The second kappa shape index (κ2) is 13.9. The molecule has 3 atom stereocenters. The summed E-state index contributed by atoms with van der Waals surface area (Å²) in [5, 5.41) is 8.88. The van der Waals surface area contributed by atoms with E-state index in [2.05, 4.69) is 16.0 Å². The zero-order chi connectivity index (χ0) is 26.6. The molecule has 7 heteroatoms. The first-order valence-electron chi connectivity index (χ1n) is 12.5. The second-order valence-electron chi connectivity index (χ2n) is 9.37. The minimum Gasteiger partial charge on any atom is -0.460 e. The summed E-state index contributed by atoms with van der Waals surface area (Å²) in [7, 11) is 0. The van der Waals surface area contributed by atoms with Crippen molar-refractivity contribution in [2.45, 2.75) is 51.9 Å². The number of hydrogen-bond acceptors (Lipinski definition) is 5. The Morgan fingerprint density at radius 2 is 1.32 bits per heavy atom. The average molecular weight is 502 g/mol. The molecule has 3 N–H and O–H groups in total. The molecular formula is C30H35N3O4. The lowest BCUT2D eigenvalue weighted by molar-refractivity contribution is -0.147. The zero-order valence-corrected chi connectivity index (χ0v) is 21.5. The minimum absolute atomic E-state index is 0.143. The summed E-state index contributed by atoms with van der Waals surface area (Å²) in [5.41, 5.74) is 2.21. The van der Waals surface area contributed by atoms with Crippen molar-refractivity contribution in [2.75, 3.05) is 5.32 Å². The molecule has 3 aromatic carbocycles. The zero-order valence-electron chi connectivity index (χ0n) is 21.5. The molecule has 37 heavy (non-hydrogen) atoms. The van der Waals surface area contributed by atoms with Gasteiger partial charge in [-0.3, -0.25) is 19.7 Å². The molecule has 0 saturated heterocycles. The third-order valence-electron chi connectivity index (χ3n) is 5.77. The van der Waals surface area contributed by atoms with Gasteiger partial charge in [0, 0.05) is 5.69 Å². The summed E-state index contributed by atoms with van der Waals surface area (Å²) >= 11 is 0. The molecule has 3 rings (SSSR count). The summed E-state index contributed by atoms with van der Waals surface area (Å²) in [5.74, 6) is -1.00. The van der Waals surface area contributed by atoms with Gasteiger partial charge in [0.05, 0.1) is 0 Å². The number of benzene rings is 3. The van der Waals surface area contributed by atoms with E-state index in [-0.39, 0.29) is 18.4 Å². The Morgan fingerprint density at radius 3 is 1.92 bits per heavy atom. The van der Waals surface area contributed by atoms with Crippen LogP contribution >= 0.6 is 0 Å². The Labute approximate surface area is 218 Å². The fourth-order valence-corrected chi connectivity index (χ4v) is 3.85. The number of amides is 2. The normalized spacial score (nSPS) is 13.3. The highest BCUT2D eigenvalue weighted by Gasteiger charge is 2.30. The molecule has 0 radical (unpaired) electrons. The van der Waals surface area contributed by atoms with Gasteiger partial charge in [-0.1, -0.05) is 92.7 Å².